The van der Waals surface area contributed by atoms with E-state index in [1.54, 1.807) is 0 Å². The molecule has 0 amide bonds. The summed E-state index contributed by atoms with van der Waals surface area (Å²) in [6, 6.07) is 8.03. The lowest BCUT2D eigenvalue weighted by Gasteiger charge is -2.38. The zero-order valence-electron chi connectivity index (χ0n) is 14.5. The second-order valence-corrected chi connectivity index (χ2v) is 6.71. The zero-order valence-corrected chi connectivity index (χ0v) is 14.5. The van der Waals surface area contributed by atoms with Crippen LogP contribution in [0.5, 0.6) is 11.5 Å². The monoisotopic (exact) mass is 380 g/mol. The van der Waals surface area contributed by atoms with Crippen molar-refractivity contribution in [3.05, 3.63) is 47.7 Å². The van der Waals surface area contributed by atoms with Crippen LogP contribution in [0.1, 0.15) is 24.0 Å². The molecule has 0 spiro atoms. The predicted octanol–water partition coefficient (Wildman–Crippen LogP) is 3.99. The minimum Gasteiger partial charge on any atom is -0.454 e. The number of nitrogens with one attached hydrogen (secondary N) is 1. The molecule has 1 aromatic carbocycles. The number of nitrogens with zero attached hydrogens (tertiary/aromatic N) is 1. The fraction of sp³-hybridized carbons (Fsp3) is 0.421. The third-order valence-electron chi connectivity index (χ3n) is 5.14. The fourth-order valence-electron chi connectivity index (χ4n) is 3.58. The van der Waals surface area contributed by atoms with Crippen LogP contribution in [0, 0.1) is 0 Å². The topological polar surface area (TPSA) is 52.6 Å². The molecule has 0 radical (unpaired) electrons. The largest absolute Gasteiger partial charge is 0.454 e. The van der Waals surface area contributed by atoms with Gasteiger partial charge in [-0.3, -0.25) is 0 Å². The Labute approximate surface area is 154 Å². The van der Waals surface area contributed by atoms with Crippen LogP contribution in [0.25, 0.3) is 0 Å². The number of benzene rings is 1. The quantitative estimate of drug-likeness (QED) is 0.869. The molecule has 2 aliphatic heterocycles. The molecule has 1 fully saturated rings. The number of halogens is 3. The molecule has 5 nitrogen and oxygen atoms in total. The molecule has 27 heavy (non-hydrogen) atoms. The summed E-state index contributed by atoms with van der Waals surface area (Å²) in [7, 11) is 0. The van der Waals surface area contributed by atoms with Gasteiger partial charge in [0.2, 0.25) is 6.79 Å². The summed E-state index contributed by atoms with van der Waals surface area (Å²) in [6.07, 6.45) is -1.73. The van der Waals surface area contributed by atoms with Gasteiger partial charge in [-0.15, -0.1) is 0 Å². The van der Waals surface area contributed by atoms with E-state index in [2.05, 4.69) is 10.3 Å². The number of aromatic nitrogens is 1. The molecule has 4 rings (SSSR count). The lowest BCUT2D eigenvalue weighted by molar-refractivity contribution is -0.137. The van der Waals surface area contributed by atoms with E-state index in [9.17, 15) is 13.2 Å². The third-order valence-corrected chi connectivity index (χ3v) is 5.14. The SMILES string of the molecule is FC(F)(F)c1cccnc1NCC1(c2ccc3c(c2)OCO3)CCOCC1. The second-order valence-electron chi connectivity index (χ2n) is 6.71. The van der Waals surface area contributed by atoms with E-state index < -0.39 is 11.7 Å². The van der Waals surface area contributed by atoms with Crippen molar-refractivity contribution in [3.8, 4) is 11.5 Å². The van der Waals surface area contributed by atoms with Gasteiger partial charge in [-0.05, 0) is 42.7 Å². The summed E-state index contributed by atoms with van der Waals surface area (Å²) in [5, 5.41) is 2.94. The van der Waals surface area contributed by atoms with Gasteiger partial charge in [-0.1, -0.05) is 6.07 Å². The first-order chi connectivity index (χ1) is 13.0. The number of hydrogen-bond donors (Lipinski definition) is 1. The fourth-order valence-corrected chi connectivity index (χ4v) is 3.58. The summed E-state index contributed by atoms with van der Waals surface area (Å²) >= 11 is 0. The first-order valence-corrected chi connectivity index (χ1v) is 8.72. The molecule has 1 aromatic heterocycles. The molecule has 1 saturated heterocycles. The number of hydrogen-bond acceptors (Lipinski definition) is 5. The zero-order chi connectivity index (χ0) is 18.9. The molecule has 2 aromatic rings. The van der Waals surface area contributed by atoms with Crippen molar-refractivity contribution in [2.45, 2.75) is 24.4 Å². The van der Waals surface area contributed by atoms with Gasteiger partial charge in [-0.2, -0.15) is 13.2 Å². The van der Waals surface area contributed by atoms with Crippen molar-refractivity contribution in [1.82, 2.24) is 4.98 Å². The Balaban J connectivity index is 1.62. The van der Waals surface area contributed by atoms with Crippen LogP contribution in [-0.4, -0.2) is 31.5 Å². The molecule has 8 heteroatoms. The minimum atomic E-state index is -4.46. The number of fused-ring (bicyclic) bond motifs is 1. The first-order valence-electron chi connectivity index (χ1n) is 8.72. The van der Waals surface area contributed by atoms with Gasteiger partial charge in [0, 0.05) is 31.4 Å². The van der Waals surface area contributed by atoms with E-state index in [1.807, 2.05) is 18.2 Å². The van der Waals surface area contributed by atoms with Gasteiger partial charge >= 0.3 is 6.18 Å². The Hall–Kier alpha value is -2.48. The number of pyridine rings is 1. The van der Waals surface area contributed by atoms with E-state index in [4.69, 9.17) is 14.2 Å². The molecule has 2 aliphatic rings. The normalized spacial score (nSPS) is 18.3. The van der Waals surface area contributed by atoms with Crippen LogP contribution < -0.4 is 14.8 Å². The molecule has 0 aliphatic carbocycles. The standard InChI is InChI=1S/C19H19F3N2O3/c20-19(21,22)14-2-1-7-23-17(14)24-11-18(5-8-25-9-6-18)13-3-4-15-16(10-13)27-12-26-15/h1-4,7,10H,5-6,8-9,11-12H2,(H,23,24). The maximum absolute atomic E-state index is 13.3. The van der Waals surface area contributed by atoms with Gasteiger partial charge in [0.05, 0.1) is 5.56 Å². The Morgan fingerprint density at radius 1 is 1.07 bits per heavy atom. The molecule has 0 atom stereocenters. The maximum atomic E-state index is 13.3. The summed E-state index contributed by atoms with van der Waals surface area (Å²) in [5.74, 6) is 1.18. The average molecular weight is 380 g/mol. The Morgan fingerprint density at radius 3 is 2.63 bits per heavy atom. The van der Waals surface area contributed by atoms with Gasteiger partial charge in [-0.25, -0.2) is 4.98 Å². The molecule has 0 bridgehead atoms. The summed E-state index contributed by atoms with van der Waals surface area (Å²) in [6.45, 7) is 1.58. The highest BCUT2D eigenvalue weighted by Crippen LogP contribution is 2.41. The average Bonchev–Trinajstić information content (AvgIpc) is 3.14. The van der Waals surface area contributed by atoms with Gasteiger partial charge < -0.3 is 19.5 Å². The molecule has 144 valence electrons. The number of anilines is 1. The lowest BCUT2D eigenvalue weighted by atomic mass is 9.74. The Bertz CT molecular complexity index is 820. The molecular weight excluding hydrogens is 361 g/mol. The van der Waals surface area contributed by atoms with Crippen molar-refractivity contribution >= 4 is 5.82 Å². The highest BCUT2D eigenvalue weighted by Gasteiger charge is 2.38. The minimum absolute atomic E-state index is 0.156. The summed E-state index contributed by atoms with van der Waals surface area (Å²) < 4.78 is 56.1. The van der Waals surface area contributed by atoms with Crippen molar-refractivity contribution in [1.29, 1.82) is 0 Å². The van der Waals surface area contributed by atoms with E-state index in [0.717, 1.165) is 11.6 Å². The molecular formula is C19H19F3N2O3. The molecule has 0 unspecified atom stereocenters. The predicted molar refractivity (Wildman–Crippen MR) is 92.0 cm³/mol. The van der Waals surface area contributed by atoms with Gasteiger partial charge in [0.1, 0.15) is 5.82 Å². The summed E-state index contributed by atoms with van der Waals surface area (Å²) in [5.41, 5.74) is -0.149. The molecule has 0 saturated carbocycles. The van der Waals surface area contributed by atoms with Crippen molar-refractivity contribution in [2.75, 3.05) is 31.9 Å². The molecule has 1 N–H and O–H groups in total. The lowest BCUT2D eigenvalue weighted by Crippen LogP contribution is -2.40. The van der Waals surface area contributed by atoms with Crippen LogP contribution in [0.4, 0.5) is 19.0 Å². The van der Waals surface area contributed by atoms with Gasteiger partial charge in [0.25, 0.3) is 0 Å². The molecule has 3 heterocycles. The first kappa shape index (κ1) is 17.9. The van der Waals surface area contributed by atoms with E-state index in [1.165, 1.54) is 12.3 Å². The Kier molecular flexibility index (Phi) is 4.59. The van der Waals surface area contributed by atoms with Crippen LogP contribution in [0.2, 0.25) is 0 Å². The van der Waals surface area contributed by atoms with Crippen molar-refractivity contribution < 1.29 is 27.4 Å². The maximum Gasteiger partial charge on any atom is 0.419 e. The third kappa shape index (κ3) is 3.53. The number of rotatable bonds is 4. The highest BCUT2D eigenvalue weighted by molar-refractivity contribution is 5.49. The smallest absolute Gasteiger partial charge is 0.419 e. The second kappa shape index (κ2) is 6.92. The van der Waals surface area contributed by atoms with E-state index >= 15 is 0 Å². The van der Waals surface area contributed by atoms with Gasteiger partial charge in [0.15, 0.2) is 11.5 Å². The summed E-state index contributed by atoms with van der Waals surface area (Å²) in [4.78, 5) is 3.91. The number of alkyl halides is 3. The van der Waals surface area contributed by atoms with Crippen LogP contribution in [0.3, 0.4) is 0 Å². The van der Waals surface area contributed by atoms with Crippen molar-refractivity contribution in [2.24, 2.45) is 0 Å². The number of ether oxygens (including phenoxy) is 3. The van der Waals surface area contributed by atoms with E-state index in [-0.39, 0.29) is 18.0 Å². The van der Waals surface area contributed by atoms with Crippen LogP contribution in [-0.2, 0) is 16.3 Å². The van der Waals surface area contributed by atoms with Crippen LogP contribution in [0.15, 0.2) is 36.5 Å². The van der Waals surface area contributed by atoms with Crippen LogP contribution >= 0.6 is 0 Å². The highest BCUT2D eigenvalue weighted by atomic mass is 19.4. The van der Waals surface area contributed by atoms with E-state index in [0.29, 0.717) is 44.1 Å². The Morgan fingerprint density at radius 2 is 1.85 bits per heavy atom. The van der Waals surface area contributed by atoms with Crippen molar-refractivity contribution in [3.63, 3.8) is 0 Å².